The Morgan fingerprint density at radius 1 is 1.06 bits per heavy atom. The normalized spacial score (nSPS) is 14.0. The van der Waals surface area contributed by atoms with Crippen molar-refractivity contribution in [2.24, 2.45) is 0 Å². The molecule has 2 nitrogen and oxygen atoms in total. The van der Waals surface area contributed by atoms with E-state index in [0.29, 0.717) is 0 Å². The summed E-state index contributed by atoms with van der Waals surface area (Å²) in [6, 6.07) is 10.9. The van der Waals surface area contributed by atoms with E-state index in [4.69, 9.17) is 4.74 Å². The Bertz CT molecular complexity index is 732. The predicted octanol–water partition coefficient (Wildman–Crippen LogP) is 3.21. The average molecular weight is 254 g/mol. The molecule has 0 radical (unpaired) electrons. The summed E-state index contributed by atoms with van der Waals surface area (Å²) < 4.78 is 8.95. The largest absolute Gasteiger partial charge is 0.372 e. The quantitative estimate of drug-likeness (QED) is 0.608. The van der Waals surface area contributed by atoms with Crippen LogP contribution in [0, 0.1) is 0 Å². The molecule has 0 saturated carbocycles. The molecular weight excluding hydrogens is 242 g/mol. The molecule has 4 rings (SSSR count). The van der Waals surface area contributed by atoms with Gasteiger partial charge in [-0.1, -0.05) is 0 Å². The molecule has 0 fully saturated rings. The fourth-order valence-electron chi connectivity index (χ4n) is 2.38. The fourth-order valence-corrected chi connectivity index (χ4v) is 3.19. The van der Waals surface area contributed by atoms with Gasteiger partial charge in [-0.05, 0) is 28.6 Å². The minimum Gasteiger partial charge on any atom is -0.372 e. The van der Waals surface area contributed by atoms with Crippen molar-refractivity contribution in [1.82, 2.24) is 0 Å². The van der Waals surface area contributed by atoms with E-state index in [1.165, 1.54) is 26.9 Å². The summed E-state index contributed by atoms with van der Waals surface area (Å²) in [5.41, 5.74) is 3.83. The van der Waals surface area contributed by atoms with Crippen LogP contribution in [0.4, 0.5) is 0 Å². The van der Waals surface area contributed by atoms with Gasteiger partial charge in [0.1, 0.15) is 0 Å². The van der Waals surface area contributed by atoms with Gasteiger partial charge < -0.3 is 4.74 Å². The van der Waals surface area contributed by atoms with Crippen molar-refractivity contribution in [1.29, 1.82) is 0 Å². The van der Waals surface area contributed by atoms with Crippen LogP contribution in [0.5, 0.6) is 0 Å². The summed E-state index contributed by atoms with van der Waals surface area (Å²) in [4.78, 5) is 0. The number of nitrogens with zero attached hydrogens (tertiary/aromatic N) is 1. The van der Waals surface area contributed by atoms with Gasteiger partial charge in [0.25, 0.3) is 0 Å². The van der Waals surface area contributed by atoms with Gasteiger partial charge in [0.2, 0.25) is 5.69 Å². The van der Waals surface area contributed by atoms with Crippen LogP contribution in [0.2, 0.25) is 0 Å². The van der Waals surface area contributed by atoms with Crippen LogP contribution >= 0.6 is 11.3 Å². The van der Waals surface area contributed by atoms with Crippen molar-refractivity contribution >= 4 is 21.4 Å². The minimum atomic E-state index is 0.741. The van der Waals surface area contributed by atoms with E-state index in [9.17, 15) is 0 Å². The highest BCUT2D eigenvalue weighted by Crippen LogP contribution is 2.22. The van der Waals surface area contributed by atoms with Gasteiger partial charge in [0.15, 0.2) is 12.4 Å². The molecule has 3 heterocycles. The summed E-state index contributed by atoms with van der Waals surface area (Å²) in [7, 11) is 0. The molecule has 0 bridgehead atoms. The number of ether oxygens (including phenoxy) is 1. The lowest BCUT2D eigenvalue weighted by molar-refractivity contribution is -0.594. The minimum absolute atomic E-state index is 0.741. The summed E-state index contributed by atoms with van der Waals surface area (Å²) in [6.07, 6.45) is 4.31. The zero-order chi connectivity index (χ0) is 11.9. The summed E-state index contributed by atoms with van der Waals surface area (Å²) in [5.74, 6) is 0. The van der Waals surface area contributed by atoms with Crippen LogP contribution < -0.4 is 4.57 Å². The number of hydrogen-bond acceptors (Lipinski definition) is 2. The number of fused-ring (bicyclic) bond motifs is 2. The second-order valence-corrected chi connectivity index (χ2v) is 5.49. The first-order valence-electron chi connectivity index (χ1n) is 5.99. The summed E-state index contributed by atoms with van der Waals surface area (Å²) in [5, 5.41) is 3.44. The number of benzene rings is 1. The van der Waals surface area contributed by atoms with Gasteiger partial charge in [0.05, 0.1) is 17.9 Å². The summed E-state index contributed by atoms with van der Waals surface area (Å²) >= 11 is 1.78. The maximum absolute atomic E-state index is 5.46. The highest BCUT2D eigenvalue weighted by molar-refractivity contribution is 7.17. The molecule has 18 heavy (non-hydrogen) atoms. The second-order valence-electron chi connectivity index (χ2n) is 4.54. The molecule has 0 atom stereocenters. The molecule has 2 aromatic heterocycles. The van der Waals surface area contributed by atoms with E-state index >= 15 is 0 Å². The molecule has 0 N–H and O–H groups in total. The third-order valence-corrected chi connectivity index (χ3v) is 4.27. The van der Waals surface area contributed by atoms with Crippen molar-refractivity contribution in [3.8, 4) is 5.69 Å². The molecule has 0 spiro atoms. The molecule has 0 aliphatic carbocycles. The predicted molar refractivity (Wildman–Crippen MR) is 71.9 cm³/mol. The smallest absolute Gasteiger partial charge is 0.211 e. The Morgan fingerprint density at radius 2 is 2.00 bits per heavy atom. The van der Waals surface area contributed by atoms with Gasteiger partial charge in [-0.25, -0.2) is 0 Å². The monoisotopic (exact) mass is 254 g/mol. The van der Waals surface area contributed by atoms with Crippen molar-refractivity contribution in [2.45, 2.75) is 13.2 Å². The van der Waals surface area contributed by atoms with E-state index in [2.05, 4.69) is 52.7 Å². The number of rotatable bonds is 1. The van der Waals surface area contributed by atoms with Crippen molar-refractivity contribution in [3.05, 3.63) is 59.2 Å². The van der Waals surface area contributed by atoms with E-state index in [1.807, 2.05) is 0 Å². The van der Waals surface area contributed by atoms with E-state index in [-0.39, 0.29) is 0 Å². The van der Waals surface area contributed by atoms with Crippen LogP contribution in [0.3, 0.4) is 0 Å². The van der Waals surface area contributed by atoms with Crippen molar-refractivity contribution < 1.29 is 9.30 Å². The topological polar surface area (TPSA) is 13.1 Å². The second kappa shape index (κ2) is 3.90. The Labute approximate surface area is 109 Å². The van der Waals surface area contributed by atoms with Gasteiger partial charge in [-0.2, -0.15) is 4.57 Å². The van der Waals surface area contributed by atoms with Crippen LogP contribution in [0.1, 0.15) is 11.1 Å². The lowest BCUT2D eigenvalue weighted by atomic mass is 10.1. The standard InChI is InChI=1S/C15H12NOS/c1-2-14(7-13-10-17-9-12(1)13)16-5-3-11-4-6-18-15(11)8-16/h1-8H,9-10H2/q+1. The van der Waals surface area contributed by atoms with E-state index in [1.54, 1.807) is 11.3 Å². The first kappa shape index (κ1) is 10.2. The molecule has 3 aromatic rings. The van der Waals surface area contributed by atoms with Crippen LogP contribution in [-0.2, 0) is 18.0 Å². The number of pyridine rings is 1. The lowest BCUT2D eigenvalue weighted by Gasteiger charge is -1.99. The zero-order valence-electron chi connectivity index (χ0n) is 9.80. The van der Waals surface area contributed by atoms with Gasteiger partial charge in [-0.15, -0.1) is 11.3 Å². The van der Waals surface area contributed by atoms with E-state index < -0.39 is 0 Å². The van der Waals surface area contributed by atoms with Crippen LogP contribution in [-0.4, -0.2) is 0 Å². The average Bonchev–Trinajstić information content (AvgIpc) is 3.05. The molecular formula is C15H12NOS+. The third-order valence-electron chi connectivity index (χ3n) is 3.40. The van der Waals surface area contributed by atoms with E-state index in [0.717, 1.165) is 13.2 Å². The highest BCUT2D eigenvalue weighted by Gasteiger charge is 2.15. The van der Waals surface area contributed by atoms with Crippen molar-refractivity contribution in [2.75, 3.05) is 0 Å². The Morgan fingerprint density at radius 3 is 3.00 bits per heavy atom. The number of thiophene rings is 1. The zero-order valence-corrected chi connectivity index (χ0v) is 10.6. The maximum atomic E-state index is 5.46. The first-order chi connectivity index (χ1) is 8.90. The van der Waals surface area contributed by atoms with Crippen LogP contribution in [0.15, 0.2) is 48.1 Å². The molecule has 88 valence electrons. The maximum Gasteiger partial charge on any atom is 0.211 e. The molecule has 1 aromatic carbocycles. The summed E-state index contributed by atoms with van der Waals surface area (Å²) in [6.45, 7) is 1.50. The Balaban J connectivity index is 1.86. The van der Waals surface area contributed by atoms with Crippen molar-refractivity contribution in [3.63, 3.8) is 0 Å². The molecule has 0 saturated heterocycles. The first-order valence-corrected chi connectivity index (χ1v) is 6.86. The molecule has 0 amide bonds. The van der Waals surface area contributed by atoms with Gasteiger partial charge in [0, 0.05) is 23.6 Å². The SMILES string of the molecule is c1cc2cc[n+](-c3ccc4c(c3)COC4)cc2s1. The fraction of sp³-hybridized carbons (Fsp3) is 0.133. The van der Waals surface area contributed by atoms with Gasteiger partial charge >= 0.3 is 0 Å². The molecule has 3 heteroatoms. The molecule has 0 unspecified atom stereocenters. The molecule has 1 aliphatic heterocycles. The number of hydrogen-bond donors (Lipinski definition) is 0. The Kier molecular flexibility index (Phi) is 2.22. The highest BCUT2D eigenvalue weighted by atomic mass is 32.1. The number of aromatic nitrogens is 1. The van der Waals surface area contributed by atoms with Gasteiger partial charge in [-0.3, -0.25) is 0 Å². The third kappa shape index (κ3) is 1.55. The lowest BCUT2D eigenvalue weighted by Crippen LogP contribution is -2.29. The molecule has 1 aliphatic rings. The Hall–Kier alpha value is -1.71. The van der Waals surface area contributed by atoms with Crippen LogP contribution in [0.25, 0.3) is 15.8 Å².